The van der Waals surface area contributed by atoms with Crippen LogP contribution in [0, 0.1) is 13.8 Å². The number of halogens is 1. The van der Waals surface area contributed by atoms with Crippen molar-refractivity contribution < 1.29 is 9.53 Å². The maximum absolute atomic E-state index is 12.1. The molecule has 0 atom stereocenters. The van der Waals surface area contributed by atoms with Crippen molar-refractivity contribution in [1.82, 2.24) is 5.43 Å². The van der Waals surface area contributed by atoms with Gasteiger partial charge in [0.25, 0.3) is 5.91 Å². The predicted molar refractivity (Wildman–Crippen MR) is 107 cm³/mol. The third-order valence-corrected chi connectivity index (χ3v) is 4.57. The SMILES string of the molecule is CCCC/C(=N\NC(=O)COc1cc(C)c(Cl)c(C)c1)c1ccccc1. The van der Waals surface area contributed by atoms with Gasteiger partial charge >= 0.3 is 0 Å². The lowest BCUT2D eigenvalue weighted by molar-refractivity contribution is -0.123. The molecule has 0 bridgehead atoms. The number of amides is 1. The summed E-state index contributed by atoms with van der Waals surface area (Å²) in [5, 5.41) is 5.03. The lowest BCUT2D eigenvalue weighted by Crippen LogP contribution is -2.26. The molecule has 0 heterocycles. The van der Waals surface area contributed by atoms with Gasteiger partial charge in [0.1, 0.15) is 5.75 Å². The van der Waals surface area contributed by atoms with E-state index in [4.69, 9.17) is 16.3 Å². The van der Waals surface area contributed by atoms with Gasteiger partial charge in [0.2, 0.25) is 0 Å². The van der Waals surface area contributed by atoms with Crippen molar-refractivity contribution in [2.45, 2.75) is 40.0 Å². The number of benzene rings is 2. The van der Waals surface area contributed by atoms with Crippen molar-refractivity contribution in [1.29, 1.82) is 0 Å². The molecule has 1 N–H and O–H groups in total. The second kappa shape index (κ2) is 9.97. The van der Waals surface area contributed by atoms with Crippen molar-refractivity contribution in [3.8, 4) is 5.75 Å². The summed E-state index contributed by atoms with van der Waals surface area (Å²) >= 11 is 6.14. The fourth-order valence-corrected chi connectivity index (χ4v) is 2.65. The van der Waals surface area contributed by atoms with Crippen LogP contribution < -0.4 is 10.2 Å². The highest BCUT2D eigenvalue weighted by molar-refractivity contribution is 6.32. The molecule has 0 fully saturated rings. The van der Waals surface area contributed by atoms with Crippen molar-refractivity contribution in [3.63, 3.8) is 0 Å². The Bertz CT molecular complexity index is 750. The highest BCUT2D eigenvalue weighted by Gasteiger charge is 2.08. The standard InChI is InChI=1S/C21H25ClN2O2/c1-4-5-11-19(17-9-7-6-8-10-17)23-24-20(25)14-26-18-12-15(2)21(22)16(3)13-18/h6-10,12-13H,4-5,11,14H2,1-3H3,(H,24,25)/b23-19+. The average Bonchev–Trinajstić information content (AvgIpc) is 2.65. The Kier molecular flexibility index (Phi) is 7.67. The number of carbonyl (C=O) groups excluding carboxylic acids is 1. The molecule has 0 radical (unpaired) electrons. The fraction of sp³-hybridized carbons (Fsp3) is 0.333. The largest absolute Gasteiger partial charge is 0.484 e. The van der Waals surface area contributed by atoms with E-state index in [1.54, 1.807) is 0 Å². The van der Waals surface area contributed by atoms with E-state index in [2.05, 4.69) is 17.5 Å². The zero-order chi connectivity index (χ0) is 18.9. The van der Waals surface area contributed by atoms with Crippen molar-refractivity contribution in [2.24, 2.45) is 5.10 Å². The molecule has 0 aliphatic heterocycles. The van der Waals surface area contributed by atoms with Crippen LogP contribution in [-0.4, -0.2) is 18.2 Å². The second-order valence-corrected chi connectivity index (χ2v) is 6.60. The Morgan fingerprint density at radius 3 is 2.42 bits per heavy atom. The molecule has 1 amide bonds. The van der Waals surface area contributed by atoms with E-state index < -0.39 is 0 Å². The molecule has 0 aliphatic rings. The van der Waals surface area contributed by atoms with Crippen LogP contribution in [0.25, 0.3) is 0 Å². The van der Waals surface area contributed by atoms with Crippen LogP contribution in [0.3, 0.4) is 0 Å². The van der Waals surface area contributed by atoms with Crippen molar-refractivity contribution >= 4 is 23.2 Å². The Balaban J connectivity index is 1.97. The summed E-state index contributed by atoms with van der Waals surface area (Å²) < 4.78 is 5.56. The van der Waals surface area contributed by atoms with Gasteiger partial charge in [-0.1, -0.05) is 55.3 Å². The smallest absolute Gasteiger partial charge is 0.277 e. The monoisotopic (exact) mass is 372 g/mol. The number of hydrogen-bond donors (Lipinski definition) is 1. The van der Waals surface area contributed by atoms with E-state index in [9.17, 15) is 4.79 Å². The summed E-state index contributed by atoms with van der Waals surface area (Å²) in [6.45, 7) is 5.85. The molecule has 0 aliphatic carbocycles. The molecule has 0 unspecified atom stereocenters. The topological polar surface area (TPSA) is 50.7 Å². The fourth-order valence-electron chi connectivity index (χ4n) is 2.54. The molecule has 2 rings (SSSR count). The zero-order valence-electron chi connectivity index (χ0n) is 15.5. The van der Waals surface area contributed by atoms with Gasteiger partial charge < -0.3 is 4.74 Å². The molecular weight excluding hydrogens is 348 g/mol. The molecule has 4 nitrogen and oxygen atoms in total. The molecule has 138 valence electrons. The van der Waals surface area contributed by atoms with Gasteiger partial charge in [-0.15, -0.1) is 0 Å². The highest BCUT2D eigenvalue weighted by Crippen LogP contribution is 2.25. The Hall–Kier alpha value is -2.33. The zero-order valence-corrected chi connectivity index (χ0v) is 16.3. The van der Waals surface area contributed by atoms with Gasteiger partial charge in [-0.05, 0) is 55.5 Å². The summed E-state index contributed by atoms with van der Waals surface area (Å²) in [6, 6.07) is 13.5. The minimum atomic E-state index is -0.291. The van der Waals surface area contributed by atoms with Crippen LogP contribution in [0.15, 0.2) is 47.6 Å². The van der Waals surface area contributed by atoms with Gasteiger partial charge in [0.05, 0.1) is 5.71 Å². The van der Waals surface area contributed by atoms with Crippen LogP contribution >= 0.6 is 11.6 Å². The van der Waals surface area contributed by atoms with E-state index in [0.29, 0.717) is 5.75 Å². The van der Waals surface area contributed by atoms with Crippen LogP contribution in [-0.2, 0) is 4.79 Å². The number of hydrogen-bond acceptors (Lipinski definition) is 3. The minimum absolute atomic E-state index is 0.0974. The first-order valence-corrected chi connectivity index (χ1v) is 9.19. The Morgan fingerprint density at radius 2 is 1.81 bits per heavy atom. The summed E-state index contributed by atoms with van der Waals surface area (Å²) in [6.07, 6.45) is 2.90. The maximum Gasteiger partial charge on any atom is 0.277 e. The number of ether oxygens (including phenoxy) is 1. The third-order valence-electron chi connectivity index (χ3n) is 3.97. The molecule has 2 aromatic carbocycles. The van der Waals surface area contributed by atoms with Gasteiger partial charge in [0.15, 0.2) is 6.61 Å². The van der Waals surface area contributed by atoms with E-state index in [1.807, 2.05) is 56.3 Å². The molecule has 26 heavy (non-hydrogen) atoms. The summed E-state index contributed by atoms with van der Waals surface area (Å²) in [4.78, 5) is 12.1. The number of unbranched alkanes of at least 4 members (excludes halogenated alkanes) is 1. The van der Waals surface area contributed by atoms with Gasteiger partial charge in [-0.2, -0.15) is 5.10 Å². The molecule has 5 heteroatoms. The van der Waals surface area contributed by atoms with Crippen molar-refractivity contribution in [3.05, 3.63) is 64.2 Å². The summed E-state index contributed by atoms with van der Waals surface area (Å²) in [7, 11) is 0. The van der Waals surface area contributed by atoms with E-state index in [-0.39, 0.29) is 12.5 Å². The normalized spacial score (nSPS) is 11.3. The molecular formula is C21H25ClN2O2. The number of rotatable bonds is 8. The number of nitrogens with one attached hydrogen (secondary N) is 1. The molecule has 2 aromatic rings. The van der Waals surface area contributed by atoms with Gasteiger partial charge in [-0.3, -0.25) is 4.79 Å². The number of hydrazone groups is 1. The summed E-state index contributed by atoms with van der Waals surface area (Å²) in [5.74, 6) is 0.331. The lowest BCUT2D eigenvalue weighted by atomic mass is 10.1. The van der Waals surface area contributed by atoms with E-state index in [0.717, 1.165) is 46.7 Å². The molecule has 0 saturated carbocycles. The Labute approximate surface area is 160 Å². The molecule has 0 spiro atoms. The second-order valence-electron chi connectivity index (χ2n) is 6.22. The average molecular weight is 373 g/mol. The third kappa shape index (κ3) is 5.88. The number of carbonyl (C=O) groups is 1. The van der Waals surface area contributed by atoms with Gasteiger partial charge in [-0.25, -0.2) is 5.43 Å². The molecule has 0 aromatic heterocycles. The number of aryl methyl sites for hydroxylation is 2. The minimum Gasteiger partial charge on any atom is -0.484 e. The predicted octanol–water partition coefficient (Wildman–Crippen LogP) is 5.05. The highest BCUT2D eigenvalue weighted by atomic mass is 35.5. The van der Waals surface area contributed by atoms with E-state index >= 15 is 0 Å². The van der Waals surface area contributed by atoms with Crippen LogP contribution in [0.2, 0.25) is 5.02 Å². The first kappa shape index (κ1) is 20.0. The van der Waals surface area contributed by atoms with Crippen molar-refractivity contribution in [2.75, 3.05) is 6.61 Å². The van der Waals surface area contributed by atoms with Crippen LogP contribution in [0.1, 0.15) is 42.9 Å². The Morgan fingerprint density at radius 1 is 1.15 bits per heavy atom. The van der Waals surface area contributed by atoms with Crippen LogP contribution in [0.4, 0.5) is 0 Å². The maximum atomic E-state index is 12.1. The first-order valence-electron chi connectivity index (χ1n) is 8.81. The number of nitrogens with zero attached hydrogens (tertiary/aromatic N) is 1. The molecule has 0 saturated heterocycles. The quantitative estimate of drug-likeness (QED) is 0.521. The van der Waals surface area contributed by atoms with Crippen LogP contribution in [0.5, 0.6) is 5.75 Å². The van der Waals surface area contributed by atoms with Gasteiger partial charge in [0, 0.05) is 5.02 Å². The summed E-state index contributed by atoms with van der Waals surface area (Å²) in [5.41, 5.74) is 6.34. The lowest BCUT2D eigenvalue weighted by Gasteiger charge is -2.10. The first-order chi connectivity index (χ1) is 12.5. The van der Waals surface area contributed by atoms with E-state index in [1.165, 1.54) is 0 Å².